The van der Waals surface area contributed by atoms with E-state index < -0.39 is 0 Å². The predicted octanol–water partition coefficient (Wildman–Crippen LogP) is 2.77. The van der Waals surface area contributed by atoms with E-state index in [2.05, 4.69) is 19.2 Å². The van der Waals surface area contributed by atoms with E-state index in [9.17, 15) is 4.79 Å². The van der Waals surface area contributed by atoms with Gasteiger partial charge in [-0.05, 0) is 44.2 Å². The van der Waals surface area contributed by atoms with Crippen LogP contribution in [0.15, 0.2) is 0 Å². The standard InChI is InChI=1S/C13H25NO/c1-11(2)4-3-5-13(15)7-6-12-8-9-14-10-12/h11-12,14H,3-10H2,1-2H3. The van der Waals surface area contributed by atoms with Crippen LogP contribution in [0.3, 0.4) is 0 Å². The molecule has 1 aliphatic heterocycles. The van der Waals surface area contributed by atoms with Gasteiger partial charge in [0.1, 0.15) is 5.78 Å². The number of rotatable bonds is 7. The van der Waals surface area contributed by atoms with Crippen molar-refractivity contribution in [1.29, 1.82) is 0 Å². The molecule has 0 spiro atoms. The number of hydrogen-bond donors (Lipinski definition) is 1. The molecule has 0 aromatic rings. The zero-order valence-electron chi connectivity index (χ0n) is 10.2. The molecule has 2 nitrogen and oxygen atoms in total. The maximum Gasteiger partial charge on any atom is 0.132 e. The molecular formula is C13H25NO. The molecule has 1 rings (SSSR count). The van der Waals surface area contributed by atoms with Gasteiger partial charge in [0.15, 0.2) is 0 Å². The second kappa shape index (κ2) is 7.00. The summed E-state index contributed by atoms with van der Waals surface area (Å²) in [6.07, 6.45) is 6.26. The molecule has 0 aliphatic carbocycles. The van der Waals surface area contributed by atoms with E-state index >= 15 is 0 Å². The van der Waals surface area contributed by atoms with E-state index in [1.165, 1.54) is 12.8 Å². The number of carbonyl (C=O) groups is 1. The van der Waals surface area contributed by atoms with Gasteiger partial charge in [-0.1, -0.05) is 20.3 Å². The van der Waals surface area contributed by atoms with Crippen molar-refractivity contribution in [3.63, 3.8) is 0 Å². The zero-order chi connectivity index (χ0) is 11.1. The normalized spacial score (nSPS) is 21.1. The lowest BCUT2D eigenvalue weighted by Crippen LogP contribution is -2.10. The molecule has 88 valence electrons. The van der Waals surface area contributed by atoms with Gasteiger partial charge in [-0.25, -0.2) is 0 Å². The highest BCUT2D eigenvalue weighted by atomic mass is 16.1. The number of Topliss-reactive ketones (excluding diaryl/α,β-unsaturated/α-hetero) is 1. The fourth-order valence-electron chi connectivity index (χ4n) is 2.16. The van der Waals surface area contributed by atoms with Crippen molar-refractivity contribution in [2.24, 2.45) is 11.8 Å². The summed E-state index contributed by atoms with van der Waals surface area (Å²) < 4.78 is 0. The average Bonchev–Trinajstić information content (AvgIpc) is 2.66. The average molecular weight is 211 g/mol. The first-order valence-corrected chi connectivity index (χ1v) is 6.41. The van der Waals surface area contributed by atoms with Gasteiger partial charge in [-0.2, -0.15) is 0 Å². The van der Waals surface area contributed by atoms with Crippen molar-refractivity contribution in [1.82, 2.24) is 5.32 Å². The topological polar surface area (TPSA) is 29.1 Å². The largest absolute Gasteiger partial charge is 0.316 e. The molecule has 0 bridgehead atoms. The van der Waals surface area contributed by atoms with Gasteiger partial charge in [0.25, 0.3) is 0 Å². The summed E-state index contributed by atoms with van der Waals surface area (Å²) >= 11 is 0. The van der Waals surface area contributed by atoms with Gasteiger partial charge < -0.3 is 5.32 Å². The Bertz CT molecular complexity index is 183. The minimum atomic E-state index is 0.475. The van der Waals surface area contributed by atoms with Crippen LogP contribution in [0.4, 0.5) is 0 Å². The first-order valence-electron chi connectivity index (χ1n) is 6.41. The van der Waals surface area contributed by atoms with Crippen molar-refractivity contribution < 1.29 is 4.79 Å². The minimum absolute atomic E-state index is 0.475. The molecular weight excluding hydrogens is 186 g/mol. The van der Waals surface area contributed by atoms with Crippen LogP contribution in [0.1, 0.15) is 52.4 Å². The summed E-state index contributed by atoms with van der Waals surface area (Å²) in [4.78, 5) is 11.6. The van der Waals surface area contributed by atoms with Crippen molar-refractivity contribution >= 4 is 5.78 Å². The van der Waals surface area contributed by atoms with Crippen LogP contribution in [0.5, 0.6) is 0 Å². The third kappa shape index (κ3) is 5.93. The molecule has 1 saturated heterocycles. The Morgan fingerprint density at radius 3 is 2.80 bits per heavy atom. The van der Waals surface area contributed by atoms with E-state index in [-0.39, 0.29) is 0 Å². The van der Waals surface area contributed by atoms with Crippen molar-refractivity contribution in [3.05, 3.63) is 0 Å². The number of nitrogens with one attached hydrogen (secondary N) is 1. The summed E-state index contributed by atoms with van der Waals surface area (Å²) in [5, 5.41) is 3.34. The van der Waals surface area contributed by atoms with Gasteiger partial charge in [0, 0.05) is 12.8 Å². The molecule has 1 unspecified atom stereocenters. The van der Waals surface area contributed by atoms with E-state index in [4.69, 9.17) is 0 Å². The second-order valence-corrected chi connectivity index (χ2v) is 5.22. The number of carbonyl (C=O) groups excluding carboxylic acids is 1. The summed E-state index contributed by atoms with van der Waals surface area (Å²) in [5.41, 5.74) is 0. The van der Waals surface area contributed by atoms with Crippen LogP contribution in [0, 0.1) is 11.8 Å². The Balaban J connectivity index is 1.98. The number of ketones is 1. The second-order valence-electron chi connectivity index (χ2n) is 5.22. The minimum Gasteiger partial charge on any atom is -0.316 e. The molecule has 2 heteroatoms. The van der Waals surface area contributed by atoms with Crippen LogP contribution >= 0.6 is 0 Å². The van der Waals surface area contributed by atoms with Gasteiger partial charge in [-0.15, -0.1) is 0 Å². The van der Waals surface area contributed by atoms with Gasteiger partial charge in [0.2, 0.25) is 0 Å². The molecule has 1 N–H and O–H groups in total. The lowest BCUT2D eigenvalue weighted by molar-refractivity contribution is -0.119. The molecule has 1 heterocycles. The van der Waals surface area contributed by atoms with E-state index in [1.54, 1.807) is 0 Å². The van der Waals surface area contributed by atoms with Crippen LogP contribution in [0.25, 0.3) is 0 Å². The highest BCUT2D eigenvalue weighted by Crippen LogP contribution is 2.16. The Morgan fingerprint density at radius 2 is 2.20 bits per heavy atom. The maximum absolute atomic E-state index is 11.6. The molecule has 1 aliphatic rings. The molecule has 0 amide bonds. The molecule has 0 radical (unpaired) electrons. The molecule has 1 fully saturated rings. The van der Waals surface area contributed by atoms with Gasteiger partial charge in [0.05, 0.1) is 0 Å². The Morgan fingerprint density at radius 1 is 1.40 bits per heavy atom. The third-order valence-electron chi connectivity index (χ3n) is 3.23. The lowest BCUT2D eigenvalue weighted by atomic mass is 9.98. The fourth-order valence-corrected chi connectivity index (χ4v) is 2.16. The summed E-state index contributed by atoms with van der Waals surface area (Å²) in [7, 11) is 0. The summed E-state index contributed by atoms with van der Waals surface area (Å²) in [6, 6.07) is 0. The Labute approximate surface area is 93.8 Å². The van der Waals surface area contributed by atoms with Gasteiger partial charge >= 0.3 is 0 Å². The predicted molar refractivity (Wildman–Crippen MR) is 63.9 cm³/mol. The lowest BCUT2D eigenvalue weighted by Gasteiger charge is -2.07. The van der Waals surface area contributed by atoms with Crippen LogP contribution < -0.4 is 5.32 Å². The number of hydrogen-bond acceptors (Lipinski definition) is 2. The van der Waals surface area contributed by atoms with Crippen LogP contribution in [-0.4, -0.2) is 18.9 Å². The summed E-state index contributed by atoms with van der Waals surface area (Å²) in [5.74, 6) is 1.97. The molecule has 0 saturated carbocycles. The van der Waals surface area contributed by atoms with Crippen LogP contribution in [-0.2, 0) is 4.79 Å². The first-order chi connectivity index (χ1) is 7.18. The Hall–Kier alpha value is -0.370. The van der Waals surface area contributed by atoms with Crippen LogP contribution in [0.2, 0.25) is 0 Å². The third-order valence-corrected chi connectivity index (χ3v) is 3.23. The molecule has 0 aromatic heterocycles. The highest BCUT2D eigenvalue weighted by molar-refractivity contribution is 5.78. The quantitative estimate of drug-likeness (QED) is 0.701. The fraction of sp³-hybridized carbons (Fsp3) is 0.923. The smallest absolute Gasteiger partial charge is 0.132 e. The molecule has 1 atom stereocenters. The maximum atomic E-state index is 11.6. The monoisotopic (exact) mass is 211 g/mol. The highest BCUT2D eigenvalue weighted by Gasteiger charge is 2.15. The summed E-state index contributed by atoms with van der Waals surface area (Å²) in [6.45, 7) is 6.70. The SMILES string of the molecule is CC(C)CCCC(=O)CCC1CCNC1. The van der Waals surface area contributed by atoms with E-state index in [0.717, 1.165) is 50.6 Å². The first kappa shape index (κ1) is 12.7. The van der Waals surface area contributed by atoms with Crippen molar-refractivity contribution in [2.45, 2.75) is 52.4 Å². The van der Waals surface area contributed by atoms with Crippen molar-refractivity contribution in [2.75, 3.05) is 13.1 Å². The van der Waals surface area contributed by atoms with E-state index in [1.807, 2.05) is 0 Å². The van der Waals surface area contributed by atoms with Crippen molar-refractivity contribution in [3.8, 4) is 0 Å². The molecule has 0 aromatic carbocycles. The van der Waals surface area contributed by atoms with E-state index in [0.29, 0.717) is 5.78 Å². The zero-order valence-corrected chi connectivity index (χ0v) is 10.2. The molecule has 15 heavy (non-hydrogen) atoms. The van der Waals surface area contributed by atoms with Gasteiger partial charge in [-0.3, -0.25) is 4.79 Å². The Kier molecular flexibility index (Phi) is 5.92.